The normalized spacial score (nSPS) is 23.2. The van der Waals surface area contributed by atoms with E-state index in [4.69, 9.17) is 9.15 Å². The topological polar surface area (TPSA) is 71.7 Å². The van der Waals surface area contributed by atoms with E-state index >= 15 is 0 Å². The number of aromatic nitrogens is 2. The number of carbonyl (C=O) groups is 1. The summed E-state index contributed by atoms with van der Waals surface area (Å²) in [6.45, 7) is 1.64. The quantitative estimate of drug-likeness (QED) is 0.856. The summed E-state index contributed by atoms with van der Waals surface area (Å²) in [5.41, 5.74) is 0.618. The van der Waals surface area contributed by atoms with Crippen molar-refractivity contribution in [1.82, 2.24) is 14.9 Å². The molecule has 0 spiro atoms. The standard InChI is InChI=1S/C16H18N4O3/c1-22-15-8-14(17-10-18-15)19-5-2-13-12(19)3-6-20(13)16(21)11-4-7-23-9-11/h4,7-10,12-13H,2-3,5-6H2,1H3/t12-,13+/m0/s1. The van der Waals surface area contributed by atoms with Crippen molar-refractivity contribution in [2.75, 3.05) is 25.1 Å². The van der Waals surface area contributed by atoms with Crippen LogP contribution in [-0.2, 0) is 0 Å². The summed E-state index contributed by atoms with van der Waals surface area (Å²) in [6.07, 6.45) is 6.46. The maximum Gasteiger partial charge on any atom is 0.257 e. The number of furan rings is 1. The van der Waals surface area contributed by atoms with Gasteiger partial charge in [0.15, 0.2) is 0 Å². The number of amides is 1. The SMILES string of the molecule is COc1cc(N2CC[C@@H]3[C@@H]2CCN3C(=O)c2ccoc2)ncn1. The Bertz CT molecular complexity index is 703. The molecule has 2 aromatic heterocycles. The van der Waals surface area contributed by atoms with Crippen LogP contribution in [0.2, 0.25) is 0 Å². The number of likely N-dealkylation sites (tertiary alicyclic amines) is 1. The Balaban J connectivity index is 1.54. The van der Waals surface area contributed by atoms with Gasteiger partial charge in [-0.2, -0.15) is 0 Å². The molecular formula is C16H18N4O3. The molecule has 0 bridgehead atoms. The molecule has 23 heavy (non-hydrogen) atoms. The third-order valence-corrected chi connectivity index (χ3v) is 4.74. The Hall–Kier alpha value is -2.57. The molecule has 2 aliphatic rings. The van der Waals surface area contributed by atoms with Gasteiger partial charge in [-0.1, -0.05) is 0 Å². The van der Waals surface area contributed by atoms with Crippen LogP contribution in [0, 0.1) is 0 Å². The minimum Gasteiger partial charge on any atom is -0.481 e. The molecule has 0 N–H and O–H groups in total. The summed E-state index contributed by atoms with van der Waals surface area (Å²) in [5, 5.41) is 0. The first-order valence-electron chi connectivity index (χ1n) is 7.74. The fraction of sp³-hybridized carbons (Fsp3) is 0.438. The molecule has 120 valence electrons. The van der Waals surface area contributed by atoms with E-state index < -0.39 is 0 Å². The van der Waals surface area contributed by atoms with Crippen LogP contribution in [0.25, 0.3) is 0 Å². The van der Waals surface area contributed by atoms with Gasteiger partial charge in [0, 0.05) is 19.2 Å². The number of rotatable bonds is 3. The Morgan fingerprint density at radius 3 is 2.96 bits per heavy atom. The number of anilines is 1. The molecule has 0 unspecified atom stereocenters. The molecule has 0 radical (unpaired) electrons. The third-order valence-electron chi connectivity index (χ3n) is 4.74. The maximum absolute atomic E-state index is 12.6. The van der Waals surface area contributed by atoms with Crippen molar-refractivity contribution < 1.29 is 13.9 Å². The minimum absolute atomic E-state index is 0.0494. The minimum atomic E-state index is 0.0494. The molecule has 0 aliphatic carbocycles. The van der Waals surface area contributed by atoms with E-state index in [1.165, 1.54) is 18.9 Å². The van der Waals surface area contributed by atoms with Crippen LogP contribution in [0.15, 0.2) is 35.4 Å². The third kappa shape index (κ3) is 2.32. The van der Waals surface area contributed by atoms with Crippen molar-refractivity contribution in [1.29, 1.82) is 0 Å². The molecular weight excluding hydrogens is 296 g/mol. The van der Waals surface area contributed by atoms with Gasteiger partial charge in [0.25, 0.3) is 5.91 Å². The highest BCUT2D eigenvalue weighted by Crippen LogP contribution is 2.35. The van der Waals surface area contributed by atoms with Crippen LogP contribution >= 0.6 is 0 Å². The summed E-state index contributed by atoms with van der Waals surface area (Å²) in [6, 6.07) is 4.09. The summed E-state index contributed by atoms with van der Waals surface area (Å²) >= 11 is 0. The van der Waals surface area contributed by atoms with Gasteiger partial charge < -0.3 is 19.0 Å². The second-order valence-corrected chi connectivity index (χ2v) is 5.83. The highest BCUT2D eigenvalue weighted by atomic mass is 16.5. The van der Waals surface area contributed by atoms with Crippen molar-refractivity contribution in [2.24, 2.45) is 0 Å². The molecule has 2 saturated heterocycles. The van der Waals surface area contributed by atoms with Gasteiger partial charge in [-0.15, -0.1) is 0 Å². The first kappa shape index (κ1) is 14.0. The van der Waals surface area contributed by atoms with Gasteiger partial charge in [-0.05, 0) is 18.9 Å². The lowest BCUT2D eigenvalue weighted by Crippen LogP contribution is -2.39. The molecule has 2 fully saturated rings. The predicted molar refractivity (Wildman–Crippen MR) is 82.5 cm³/mol. The lowest BCUT2D eigenvalue weighted by molar-refractivity contribution is 0.0737. The molecule has 4 rings (SSSR count). The van der Waals surface area contributed by atoms with Crippen LogP contribution in [0.5, 0.6) is 5.88 Å². The average molecular weight is 314 g/mol. The van der Waals surface area contributed by atoms with Crippen LogP contribution in [0.1, 0.15) is 23.2 Å². The van der Waals surface area contributed by atoms with Crippen molar-refractivity contribution in [3.63, 3.8) is 0 Å². The smallest absolute Gasteiger partial charge is 0.257 e. The predicted octanol–water partition coefficient (Wildman–Crippen LogP) is 1.57. The monoisotopic (exact) mass is 314 g/mol. The van der Waals surface area contributed by atoms with Gasteiger partial charge in [0.1, 0.15) is 18.4 Å². The second kappa shape index (κ2) is 5.57. The average Bonchev–Trinajstić information content (AvgIpc) is 3.31. The lowest BCUT2D eigenvalue weighted by Gasteiger charge is -2.26. The van der Waals surface area contributed by atoms with E-state index in [9.17, 15) is 4.79 Å². The fourth-order valence-electron chi connectivity index (χ4n) is 3.67. The van der Waals surface area contributed by atoms with E-state index in [1.807, 2.05) is 11.0 Å². The molecule has 0 saturated carbocycles. The van der Waals surface area contributed by atoms with Crippen molar-refractivity contribution in [3.05, 3.63) is 36.5 Å². The molecule has 7 heteroatoms. The van der Waals surface area contributed by atoms with Crippen LogP contribution in [-0.4, -0.2) is 53.1 Å². The number of hydrogen-bond acceptors (Lipinski definition) is 6. The number of fused-ring (bicyclic) bond motifs is 1. The number of carbonyl (C=O) groups excluding carboxylic acids is 1. The van der Waals surface area contributed by atoms with Gasteiger partial charge in [-0.3, -0.25) is 4.79 Å². The van der Waals surface area contributed by atoms with E-state index in [0.717, 1.165) is 31.7 Å². The summed E-state index contributed by atoms with van der Waals surface area (Å²) < 4.78 is 10.2. The highest BCUT2D eigenvalue weighted by molar-refractivity contribution is 5.94. The summed E-state index contributed by atoms with van der Waals surface area (Å²) in [7, 11) is 1.60. The zero-order valence-corrected chi connectivity index (χ0v) is 12.9. The number of methoxy groups -OCH3 is 1. The molecule has 0 aromatic carbocycles. The van der Waals surface area contributed by atoms with Crippen molar-refractivity contribution in [2.45, 2.75) is 24.9 Å². The van der Waals surface area contributed by atoms with Crippen LogP contribution in [0.3, 0.4) is 0 Å². The maximum atomic E-state index is 12.6. The van der Waals surface area contributed by atoms with Crippen LogP contribution < -0.4 is 9.64 Å². The van der Waals surface area contributed by atoms with E-state index in [2.05, 4.69) is 14.9 Å². The molecule has 4 heterocycles. The van der Waals surface area contributed by atoms with E-state index in [-0.39, 0.29) is 11.9 Å². The first-order valence-corrected chi connectivity index (χ1v) is 7.74. The zero-order valence-electron chi connectivity index (χ0n) is 12.9. The summed E-state index contributed by atoms with van der Waals surface area (Å²) in [4.78, 5) is 25.2. The Morgan fingerprint density at radius 1 is 1.30 bits per heavy atom. The zero-order chi connectivity index (χ0) is 15.8. The van der Waals surface area contributed by atoms with Crippen molar-refractivity contribution in [3.8, 4) is 5.88 Å². The van der Waals surface area contributed by atoms with E-state index in [1.54, 1.807) is 13.2 Å². The Kier molecular flexibility index (Phi) is 3.40. The second-order valence-electron chi connectivity index (χ2n) is 5.83. The van der Waals surface area contributed by atoms with Gasteiger partial charge in [0.2, 0.25) is 5.88 Å². The largest absolute Gasteiger partial charge is 0.481 e. The van der Waals surface area contributed by atoms with E-state index in [0.29, 0.717) is 17.5 Å². The van der Waals surface area contributed by atoms with Gasteiger partial charge in [-0.25, -0.2) is 9.97 Å². The molecule has 2 atom stereocenters. The highest BCUT2D eigenvalue weighted by Gasteiger charge is 2.45. The van der Waals surface area contributed by atoms with Crippen LogP contribution in [0.4, 0.5) is 5.82 Å². The Labute approximate surface area is 133 Å². The molecule has 7 nitrogen and oxygen atoms in total. The van der Waals surface area contributed by atoms with Gasteiger partial charge in [0.05, 0.1) is 31.0 Å². The molecule has 2 aliphatic heterocycles. The molecule has 1 amide bonds. The number of ether oxygens (including phenoxy) is 1. The van der Waals surface area contributed by atoms with Gasteiger partial charge >= 0.3 is 0 Å². The number of nitrogens with zero attached hydrogens (tertiary/aromatic N) is 4. The first-order chi connectivity index (χ1) is 11.3. The molecule has 2 aromatic rings. The summed E-state index contributed by atoms with van der Waals surface area (Å²) in [5.74, 6) is 1.47. The Morgan fingerprint density at radius 2 is 2.17 bits per heavy atom. The fourth-order valence-corrected chi connectivity index (χ4v) is 3.67. The number of hydrogen-bond donors (Lipinski definition) is 0. The lowest BCUT2D eigenvalue weighted by atomic mass is 10.1. The van der Waals surface area contributed by atoms with Crippen molar-refractivity contribution >= 4 is 11.7 Å².